The van der Waals surface area contributed by atoms with Gasteiger partial charge in [0.15, 0.2) is 0 Å². The third-order valence-corrected chi connectivity index (χ3v) is 2.19. The summed E-state index contributed by atoms with van der Waals surface area (Å²) >= 11 is 0. The number of pyridine rings is 1. The summed E-state index contributed by atoms with van der Waals surface area (Å²) in [5, 5.41) is 3.05. The quantitative estimate of drug-likeness (QED) is 0.830. The summed E-state index contributed by atoms with van der Waals surface area (Å²) < 4.78 is 12.9. The van der Waals surface area contributed by atoms with E-state index in [0.717, 1.165) is 5.56 Å². The molecule has 0 saturated carbocycles. The molecule has 4 heteroatoms. The summed E-state index contributed by atoms with van der Waals surface area (Å²) in [6.45, 7) is 0.499. The number of nitrogens with two attached hydrogens (primary N) is 1. The number of benzene rings is 1. The minimum atomic E-state index is -0.242. The minimum Gasteiger partial charge on any atom is -0.396 e. The van der Waals surface area contributed by atoms with Crippen LogP contribution in [-0.2, 0) is 6.54 Å². The zero-order valence-electron chi connectivity index (χ0n) is 8.65. The summed E-state index contributed by atoms with van der Waals surface area (Å²) in [4.78, 5) is 4.09. The normalized spacial score (nSPS) is 10.1. The molecule has 3 nitrogen and oxygen atoms in total. The van der Waals surface area contributed by atoms with E-state index in [1.807, 2.05) is 6.07 Å². The molecule has 0 spiro atoms. The smallest absolute Gasteiger partial charge is 0.149 e. The van der Waals surface area contributed by atoms with Crippen molar-refractivity contribution in [3.63, 3.8) is 0 Å². The van der Waals surface area contributed by atoms with E-state index in [2.05, 4.69) is 10.3 Å². The first-order valence-electron chi connectivity index (χ1n) is 4.94. The van der Waals surface area contributed by atoms with Crippen molar-refractivity contribution in [2.24, 2.45) is 0 Å². The number of hydrogen-bond donors (Lipinski definition) is 2. The fourth-order valence-electron chi connectivity index (χ4n) is 1.40. The highest BCUT2D eigenvalue weighted by Crippen LogP contribution is 2.14. The molecular formula is C12H12FN3. The van der Waals surface area contributed by atoms with Crippen LogP contribution in [0.4, 0.5) is 15.9 Å². The van der Waals surface area contributed by atoms with Gasteiger partial charge >= 0.3 is 0 Å². The molecule has 2 aromatic rings. The minimum absolute atomic E-state index is 0.242. The van der Waals surface area contributed by atoms with Crippen LogP contribution in [0.3, 0.4) is 0 Å². The fourth-order valence-corrected chi connectivity index (χ4v) is 1.40. The molecule has 0 bridgehead atoms. The zero-order valence-corrected chi connectivity index (χ0v) is 8.65. The number of nitrogen functional groups attached to an aromatic ring is 1. The molecule has 82 valence electrons. The molecule has 1 aromatic heterocycles. The van der Waals surface area contributed by atoms with Gasteiger partial charge in [0.05, 0.1) is 5.69 Å². The molecule has 0 saturated heterocycles. The standard InChI is InChI=1S/C12H12FN3/c13-10-4-1-3-9(7-10)8-16-12-11(14)5-2-6-15-12/h1-7H,8,14H2,(H,15,16). The van der Waals surface area contributed by atoms with Crippen molar-refractivity contribution >= 4 is 11.5 Å². The molecule has 16 heavy (non-hydrogen) atoms. The molecule has 0 aliphatic rings. The molecule has 0 amide bonds. The van der Waals surface area contributed by atoms with E-state index < -0.39 is 0 Å². The molecule has 0 fully saturated rings. The molecule has 0 radical (unpaired) electrons. The van der Waals surface area contributed by atoms with Gasteiger partial charge < -0.3 is 11.1 Å². The Hall–Kier alpha value is -2.10. The zero-order chi connectivity index (χ0) is 11.4. The van der Waals surface area contributed by atoms with Crippen LogP contribution < -0.4 is 11.1 Å². The molecule has 0 aliphatic carbocycles. The van der Waals surface area contributed by atoms with Crippen LogP contribution in [-0.4, -0.2) is 4.98 Å². The van der Waals surface area contributed by atoms with E-state index in [-0.39, 0.29) is 5.82 Å². The Morgan fingerprint density at radius 2 is 2.12 bits per heavy atom. The van der Waals surface area contributed by atoms with E-state index in [1.165, 1.54) is 12.1 Å². The third-order valence-electron chi connectivity index (χ3n) is 2.19. The SMILES string of the molecule is Nc1cccnc1NCc1cccc(F)c1. The Morgan fingerprint density at radius 3 is 2.88 bits per heavy atom. The molecule has 2 rings (SSSR count). The van der Waals surface area contributed by atoms with Crippen LogP contribution in [0.25, 0.3) is 0 Å². The molecule has 3 N–H and O–H groups in total. The maximum Gasteiger partial charge on any atom is 0.149 e. The van der Waals surface area contributed by atoms with Gasteiger partial charge in [0.1, 0.15) is 11.6 Å². The van der Waals surface area contributed by atoms with Gasteiger partial charge in [-0.2, -0.15) is 0 Å². The Bertz CT molecular complexity index is 485. The Morgan fingerprint density at radius 1 is 1.25 bits per heavy atom. The number of rotatable bonds is 3. The number of aromatic nitrogens is 1. The van der Waals surface area contributed by atoms with Gasteiger partial charge in [0.2, 0.25) is 0 Å². The van der Waals surface area contributed by atoms with E-state index in [1.54, 1.807) is 24.4 Å². The molecule has 0 aliphatic heterocycles. The topological polar surface area (TPSA) is 50.9 Å². The van der Waals surface area contributed by atoms with E-state index in [4.69, 9.17) is 5.73 Å². The largest absolute Gasteiger partial charge is 0.396 e. The van der Waals surface area contributed by atoms with Gasteiger partial charge in [-0.1, -0.05) is 12.1 Å². The second kappa shape index (κ2) is 4.61. The van der Waals surface area contributed by atoms with E-state index >= 15 is 0 Å². The Kier molecular flexibility index (Phi) is 3.00. The van der Waals surface area contributed by atoms with E-state index in [0.29, 0.717) is 18.1 Å². The van der Waals surface area contributed by atoms with Crippen molar-refractivity contribution in [1.82, 2.24) is 4.98 Å². The number of nitrogens with zero attached hydrogens (tertiary/aromatic N) is 1. The van der Waals surface area contributed by atoms with Gasteiger partial charge in [-0.3, -0.25) is 0 Å². The average molecular weight is 217 g/mol. The monoisotopic (exact) mass is 217 g/mol. The van der Waals surface area contributed by atoms with Crippen molar-refractivity contribution in [1.29, 1.82) is 0 Å². The fraction of sp³-hybridized carbons (Fsp3) is 0.0833. The van der Waals surface area contributed by atoms with Gasteiger partial charge in [0, 0.05) is 12.7 Å². The van der Waals surface area contributed by atoms with E-state index in [9.17, 15) is 4.39 Å². The first-order valence-corrected chi connectivity index (χ1v) is 4.94. The molecule has 0 unspecified atom stereocenters. The first kappa shape index (κ1) is 10.4. The second-order valence-electron chi connectivity index (χ2n) is 3.42. The lowest BCUT2D eigenvalue weighted by Crippen LogP contribution is -2.04. The molecule has 1 aromatic carbocycles. The van der Waals surface area contributed by atoms with Crippen LogP contribution in [0, 0.1) is 5.82 Å². The number of anilines is 2. The van der Waals surface area contributed by atoms with Crippen LogP contribution in [0.5, 0.6) is 0 Å². The van der Waals surface area contributed by atoms with Crippen molar-refractivity contribution in [2.45, 2.75) is 6.54 Å². The Labute approximate surface area is 93.1 Å². The van der Waals surface area contributed by atoms with Crippen molar-refractivity contribution in [2.75, 3.05) is 11.1 Å². The second-order valence-corrected chi connectivity index (χ2v) is 3.42. The summed E-state index contributed by atoms with van der Waals surface area (Å²) in [5.41, 5.74) is 7.15. The van der Waals surface area contributed by atoms with Crippen molar-refractivity contribution in [3.05, 3.63) is 54.0 Å². The average Bonchev–Trinajstić information content (AvgIpc) is 2.28. The molecular weight excluding hydrogens is 205 g/mol. The van der Waals surface area contributed by atoms with Crippen molar-refractivity contribution in [3.8, 4) is 0 Å². The van der Waals surface area contributed by atoms with Gasteiger partial charge in [-0.05, 0) is 29.8 Å². The van der Waals surface area contributed by atoms with Gasteiger partial charge in [-0.15, -0.1) is 0 Å². The maximum absolute atomic E-state index is 12.9. The van der Waals surface area contributed by atoms with Crippen LogP contribution in [0.1, 0.15) is 5.56 Å². The van der Waals surface area contributed by atoms with Crippen LogP contribution in [0.15, 0.2) is 42.6 Å². The predicted molar refractivity (Wildman–Crippen MR) is 62.4 cm³/mol. The third kappa shape index (κ3) is 2.48. The molecule has 1 heterocycles. The lowest BCUT2D eigenvalue weighted by molar-refractivity contribution is 0.626. The highest BCUT2D eigenvalue weighted by atomic mass is 19.1. The van der Waals surface area contributed by atoms with Crippen LogP contribution in [0.2, 0.25) is 0 Å². The summed E-state index contributed by atoms with van der Waals surface area (Å²) in [7, 11) is 0. The van der Waals surface area contributed by atoms with Gasteiger partial charge in [0.25, 0.3) is 0 Å². The van der Waals surface area contributed by atoms with Crippen molar-refractivity contribution < 1.29 is 4.39 Å². The number of halogens is 1. The highest BCUT2D eigenvalue weighted by Gasteiger charge is 1.99. The molecule has 0 atom stereocenters. The summed E-state index contributed by atoms with van der Waals surface area (Å²) in [5.74, 6) is 0.375. The number of nitrogens with one attached hydrogen (secondary N) is 1. The summed E-state index contributed by atoms with van der Waals surface area (Å²) in [6, 6.07) is 9.94. The lowest BCUT2D eigenvalue weighted by atomic mass is 10.2. The Balaban J connectivity index is 2.05. The maximum atomic E-state index is 12.9. The predicted octanol–water partition coefficient (Wildman–Crippen LogP) is 2.42. The number of hydrogen-bond acceptors (Lipinski definition) is 3. The van der Waals surface area contributed by atoms with Gasteiger partial charge in [-0.25, -0.2) is 9.37 Å². The highest BCUT2D eigenvalue weighted by molar-refractivity contribution is 5.60. The first-order chi connectivity index (χ1) is 7.75. The lowest BCUT2D eigenvalue weighted by Gasteiger charge is -2.07. The summed E-state index contributed by atoms with van der Waals surface area (Å²) in [6.07, 6.45) is 1.66. The van der Waals surface area contributed by atoms with Crippen LogP contribution >= 0.6 is 0 Å².